The summed E-state index contributed by atoms with van der Waals surface area (Å²) in [5.41, 5.74) is 0. The maximum atomic E-state index is 11.9. The van der Waals surface area contributed by atoms with Gasteiger partial charge in [-0.1, -0.05) is 0 Å². The van der Waals surface area contributed by atoms with Crippen LogP contribution in [-0.4, -0.2) is 26.5 Å². The van der Waals surface area contributed by atoms with Crippen LogP contribution in [0.2, 0.25) is 0 Å². The molecular formula is C12H17N3O3. The highest BCUT2D eigenvalue weighted by Crippen LogP contribution is 2.31. The van der Waals surface area contributed by atoms with E-state index in [0.717, 1.165) is 5.82 Å². The fourth-order valence-corrected chi connectivity index (χ4v) is 2.32. The summed E-state index contributed by atoms with van der Waals surface area (Å²) in [7, 11) is 1.87. The van der Waals surface area contributed by atoms with Gasteiger partial charge in [-0.05, 0) is 19.3 Å². The van der Waals surface area contributed by atoms with E-state index in [4.69, 9.17) is 5.11 Å². The molecule has 1 amide bonds. The van der Waals surface area contributed by atoms with Gasteiger partial charge in [-0.25, -0.2) is 4.98 Å². The number of carboxylic acid groups (broad SMARTS) is 1. The molecule has 6 heteroatoms. The van der Waals surface area contributed by atoms with Crippen LogP contribution in [0.5, 0.6) is 0 Å². The van der Waals surface area contributed by atoms with Gasteiger partial charge in [0, 0.05) is 25.4 Å². The van der Waals surface area contributed by atoms with Crippen molar-refractivity contribution >= 4 is 11.9 Å². The summed E-state index contributed by atoms with van der Waals surface area (Å²) in [6.07, 6.45) is 5.19. The first-order valence-electron chi connectivity index (χ1n) is 6.04. The molecule has 2 rings (SSSR count). The monoisotopic (exact) mass is 251 g/mol. The number of carbonyl (C=O) groups is 2. The van der Waals surface area contributed by atoms with Crippen LogP contribution in [0.25, 0.3) is 0 Å². The molecule has 98 valence electrons. The third-order valence-electron chi connectivity index (χ3n) is 3.49. The molecule has 6 nitrogen and oxygen atoms in total. The molecule has 0 bridgehead atoms. The van der Waals surface area contributed by atoms with Crippen molar-refractivity contribution in [1.29, 1.82) is 0 Å². The molecule has 1 aromatic rings. The third-order valence-corrected chi connectivity index (χ3v) is 3.49. The van der Waals surface area contributed by atoms with E-state index in [1.165, 1.54) is 0 Å². The van der Waals surface area contributed by atoms with Gasteiger partial charge in [0.1, 0.15) is 5.82 Å². The van der Waals surface area contributed by atoms with Crippen LogP contribution in [-0.2, 0) is 23.2 Å². The molecule has 0 aliphatic heterocycles. The van der Waals surface area contributed by atoms with Crippen molar-refractivity contribution in [2.45, 2.75) is 25.8 Å². The van der Waals surface area contributed by atoms with Crippen molar-refractivity contribution in [1.82, 2.24) is 14.9 Å². The predicted octanol–water partition coefficient (Wildman–Crippen LogP) is 0.537. The minimum Gasteiger partial charge on any atom is -0.481 e. The van der Waals surface area contributed by atoms with Gasteiger partial charge in [0.05, 0.1) is 12.5 Å². The summed E-state index contributed by atoms with van der Waals surface area (Å²) in [5.74, 6) is -0.618. The molecule has 1 aliphatic rings. The topological polar surface area (TPSA) is 84.2 Å². The van der Waals surface area contributed by atoms with Crippen LogP contribution in [0.15, 0.2) is 12.4 Å². The summed E-state index contributed by atoms with van der Waals surface area (Å²) in [4.78, 5) is 26.8. The lowest BCUT2D eigenvalue weighted by Gasteiger charge is -2.10. The largest absolute Gasteiger partial charge is 0.481 e. The molecule has 1 aromatic heterocycles. The Morgan fingerprint density at radius 3 is 2.78 bits per heavy atom. The van der Waals surface area contributed by atoms with Gasteiger partial charge in [0.2, 0.25) is 5.91 Å². The predicted molar refractivity (Wildman–Crippen MR) is 63.5 cm³/mol. The summed E-state index contributed by atoms with van der Waals surface area (Å²) >= 11 is 0. The Kier molecular flexibility index (Phi) is 3.64. The maximum Gasteiger partial charge on any atom is 0.306 e. The lowest BCUT2D eigenvalue weighted by molar-refractivity contribution is -0.141. The summed E-state index contributed by atoms with van der Waals surface area (Å²) < 4.78 is 1.84. The first-order chi connectivity index (χ1) is 8.58. The zero-order valence-corrected chi connectivity index (χ0v) is 10.3. The Hall–Kier alpha value is -1.85. The SMILES string of the molecule is Cn1ccnc1CNC(=O)C1CCC(C(=O)O)C1. The lowest BCUT2D eigenvalue weighted by atomic mass is 10.0. The molecule has 1 saturated carbocycles. The Bertz CT molecular complexity index is 455. The van der Waals surface area contributed by atoms with Crippen LogP contribution < -0.4 is 5.32 Å². The number of aliphatic carboxylic acids is 1. The molecular weight excluding hydrogens is 234 g/mol. The Morgan fingerprint density at radius 1 is 1.50 bits per heavy atom. The number of nitrogens with one attached hydrogen (secondary N) is 1. The normalized spacial score (nSPS) is 22.9. The van der Waals surface area contributed by atoms with Crippen molar-refractivity contribution < 1.29 is 14.7 Å². The lowest BCUT2D eigenvalue weighted by Crippen LogP contribution is -2.30. The number of rotatable bonds is 4. The average molecular weight is 251 g/mol. The third kappa shape index (κ3) is 2.69. The van der Waals surface area contributed by atoms with Crippen LogP contribution in [0.4, 0.5) is 0 Å². The van der Waals surface area contributed by atoms with Gasteiger partial charge in [0.25, 0.3) is 0 Å². The number of nitrogens with zero attached hydrogens (tertiary/aromatic N) is 2. The first kappa shape index (κ1) is 12.6. The van der Waals surface area contributed by atoms with E-state index in [0.29, 0.717) is 25.8 Å². The number of carboxylic acids is 1. The van der Waals surface area contributed by atoms with E-state index in [-0.39, 0.29) is 17.7 Å². The van der Waals surface area contributed by atoms with Crippen molar-refractivity contribution in [3.8, 4) is 0 Å². The highest BCUT2D eigenvalue weighted by Gasteiger charge is 2.33. The molecule has 0 spiro atoms. The van der Waals surface area contributed by atoms with Gasteiger partial charge < -0.3 is 15.0 Å². The van der Waals surface area contributed by atoms with Crippen LogP contribution in [0.1, 0.15) is 25.1 Å². The minimum absolute atomic E-state index is 0.0678. The fourth-order valence-electron chi connectivity index (χ4n) is 2.32. The number of hydrogen-bond acceptors (Lipinski definition) is 3. The molecule has 2 atom stereocenters. The van der Waals surface area contributed by atoms with Gasteiger partial charge in [0.15, 0.2) is 0 Å². The molecule has 1 aliphatic carbocycles. The summed E-state index contributed by atoms with van der Waals surface area (Å²) in [6, 6.07) is 0. The highest BCUT2D eigenvalue weighted by atomic mass is 16.4. The van der Waals surface area contributed by atoms with Crippen molar-refractivity contribution in [2.24, 2.45) is 18.9 Å². The van der Waals surface area contributed by atoms with Gasteiger partial charge in [-0.3, -0.25) is 9.59 Å². The van der Waals surface area contributed by atoms with Crippen molar-refractivity contribution in [3.63, 3.8) is 0 Å². The molecule has 0 saturated heterocycles. The van der Waals surface area contributed by atoms with Crippen molar-refractivity contribution in [3.05, 3.63) is 18.2 Å². The first-order valence-corrected chi connectivity index (χ1v) is 6.04. The molecule has 0 aromatic carbocycles. The molecule has 2 unspecified atom stereocenters. The van der Waals surface area contributed by atoms with Crippen LogP contribution in [0.3, 0.4) is 0 Å². The number of aryl methyl sites for hydroxylation is 1. The van der Waals surface area contributed by atoms with Crippen LogP contribution in [0, 0.1) is 11.8 Å². The zero-order valence-electron chi connectivity index (χ0n) is 10.3. The second kappa shape index (κ2) is 5.20. The van der Waals surface area contributed by atoms with Crippen LogP contribution >= 0.6 is 0 Å². The number of imidazole rings is 1. The Balaban J connectivity index is 1.83. The van der Waals surface area contributed by atoms with E-state index in [9.17, 15) is 9.59 Å². The summed E-state index contributed by atoms with van der Waals surface area (Å²) in [5, 5.41) is 11.7. The Labute approximate surface area is 105 Å². The molecule has 1 heterocycles. The van der Waals surface area contributed by atoms with E-state index in [2.05, 4.69) is 10.3 Å². The van der Waals surface area contributed by atoms with E-state index in [1.807, 2.05) is 17.8 Å². The minimum atomic E-state index is -0.797. The van der Waals surface area contributed by atoms with Crippen molar-refractivity contribution in [2.75, 3.05) is 0 Å². The van der Waals surface area contributed by atoms with E-state index >= 15 is 0 Å². The van der Waals surface area contributed by atoms with Gasteiger partial charge >= 0.3 is 5.97 Å². The fraction of sp³-hybridized carbons (Fsp3) is 0.583. The number of amides is 1. The quantitative estimate of drug-likeness (QED) is 0.818. The molecule has 18 heavy (non-hydrogen) atoms. The zero-order chi connectivity index (χ0) is 13.1. The maximum absolute atomic E-state index is 11.9. The highest BCUT2D eigenvalue weighted by molar-refractivity contribution is 5.80. The second-order valence-corrected chi connectivity index (χ2v) is 4.72. The molecule has 0 radical (unpaired) electrons. The Morgan fingerprint density at radius 2 is 2.22 bits per heavy atom. The molecule has 2 N–H and O–H groups in total. The number of hydrogen-bond donors (Lipinski definition) is 2. The number of carbonyl (C=O) groups excluding carboxylic acids is 1. The van der Waals surface area contributed by atoms with E-state index in [1.54, 1.807) is 6.20 Å². The van der Waals surface area contributed by atoms with Gasteiger partial charge in [-0.15, -0.1) is 0 Å². The smallest absolute Gasteiger partial charge is 0.306 e. The number of aromatic nitrogens is 2. The molecule has 1 fully saturated rings. The standard InChI is InChI=1S/C12H17N3O3/c1-15-5-4-13-10(15)7-14-11(16)8-2-3-9(6-8)12(17)18/h4-5,8-9H,2-3,6-7H2,1H3,(H,14,16)(H,17,18). The summed E-state index contributed by atoms with van der Waals surface area (Å²) in [6.45, 7) is 0.385. The van der Waals surface area contributed by atoms with E-state index < -0.39 is 5.97 Å². The average Bonchev–Trinajstić information content (AvgIpc) is 2.94. The van der Waals surface area contributed by atoms with Gasteiger partial charge in [-0.2, -0.15) is 0 Å². The second-order valence-electron chi connectivity index (χ2n) is 4.72.